The van der Waals surface area contributed by atoms with E-state index in [1.165, 1.54) is 20.2 Å². The molecule has 0 amide bonds. The van der Waals surface area contributed by atoms with Crippen molar-refractivity contribution in [1.29, 1.82) is 0 Å². The first-order valence-corrected chi connectivity index (χ1v) is 4.96. The van der Waals surface area contributed by atoms with Crippen molar-refractivity contribution in [3.8, 4) is 0 Å². The standard InChI is InChI=1S/C12H6S.Rb.Re/c1-3-7-11-9(5-1)10-6-2-4-8-12(10)13-11;;/h1,3-4,6-8H;;/q-2;+1;. The summed E-state index contributed by atoms with van der Waals surface area (Å²) < 4.78 is 2.62. The summed E-state index contributed by atoms with van der Waals surface area (Å²) in [6.45, 7) is 0. The minimum atomic E-state index is 0. The molecule has 2 aromatic carbocycles. The Morgan fingerprint density at radius 1 is 1.07 bits per heavy atom. The van der Waals surface area contributed by atoms with Gasteiger partial charge in [-0.25, -0.2) is 11.3 Å². The maximum Gasteiger partial charge on any atom is 1.00 e. The van der Waals surface area contributed by atoms with Crippen LogP contribution in [0.4, 0.5) is 0 Å². The maximum atomic E-state index is 3.26. The predicted octanol–water partition coefficient (Wildman–Crippen LogP) is 0.656. The van der Waals surface area contributed by atoms with E-state index in [0.29, 0.717) is 0 Å². The molecule has 0 fully saturated rings. The second kappa shape index (κ2) is 6.17. The van der Waals surface area contributed by atoms with E-state index in [0.717, 1.165) is 0 Å². The van der Waals surface area contributed by atoms with Gasteiger partial charge in [-0.15, -0.1) is 35.0 Å². The Morgan fingerprint density at radius 3 is 2.80 bits per heavy atom. The Morgan fingerprint density at radius 2 is 1.93 bits per heavy atom. The van der Waals surface area contributed by atoms with Crippen molar-refractivity contribution in [3.63, 3.8) is 0 Å². The smallest absolute Gasteiger partial charge is 0.211 e. The molecule has 0 bridgehead atoms. The first-order chi connectivity index (χ1) is 6.45. The molecular weight excluding hydrogens is 448 g/mol. The third-order valence-corrected chi connectivity index (χ3v) is 3.27. The summed E-state index contributed by atoms with van der Waals surface area (Å²) in [7, 11) is 0. The van der Waals surface area contributed by atoms with Crippen LogP contribution in [-0.2, 0) is 20.4 Å². The summed E-state index contributed by atoms with van der Waals surface area (Å²) in [5.74, 6) is 0. The van der Waals surface area contributed by atoms with E-state index < -0.39 is 0 Å². The monoisotopic (exact) mass is 454 g/mol. The van der Waals surface area contributed by atoms with Crippen molar-refractivity contribution >= 4 is 31.5 Å². The van der Waals surface area contributed by atoms with Gasteiger partial charge in [-0.1, -0.05) is 9.40 Å². The molecular formula is C12H6RbReS-. The molecule has 1 heterocycles. The van der Waals surface area contributed by atoms with Crippen molar-refractivity contribution in [1.82, 2.24) is 0 Å². The molecule has 3 rings (SSSR count). The zero-order valence-corrected chi connectivity index (χ0v) is 16.7. The third kappa shape index (κ3) is 2.69. The topological polar surface area (TPSA) is 0 Å². The number of hydrogen-bond donors (Lipinski definition) is 0. The van der Waals surface area contributed by atoms with Crippen LogP contribution in [0, 0.1) is 12.1 Å². The van der Waals surface area contributed by atoms with Crippen LogP contribution in [0.15, 0.2) is 36.4 Å². The van der Waals surface area contributed by atoms with E-state index in [4.69, 9.17) is 0 Å². The molecule has 69 valence electrons. The zero-order chi connectivity index (χ0) is 8.67. The fourth-order valence-electron chi connectivity index (χ4n) is 1.54. The van der Waals surface area contributed by atoms with E-state index in [-0.39, 0.29) is 78.6 Å². The van der Waals surface area contributed by atoms with Gasteiger partial charge in [-0.05, 0) is 0 Å². The van der Waals surface area contributed by atoms with Crippen LogP contribution in [0.3, 0.4) is 0 Å². The van der Waals surface area contributed by atoms with Crippen molar-refractivity contribution in [2.45, 2.75) is 0 Å². The molecule has 0 aliphatic heterocycles. The fourth-order valence-corrected chi connectivity index (χ4v) is 2.60. The van der Waals surface area contributed by atoms with E-state index in [1.54, 1.807) is 0 Å². The van der Waals surface area contributed by atoms with Crippen molar-refractivity contribution < 1.29 is 78.6 Å². The average molecular weight is 454 g/mol. The van der Waals surface area contributed by atoms with Gasteiger partial charge in [0.2, 0.25) is 0 Å². The number of fused-ring (bicyclic) bond motifs is 3. The molecule has 0 saturated carbocycles. The van der Waals surface area contributed by atoms with Crippen LogP contribution in [0.1, 0.15) is 0 Å². The van der Waals surface area contributed by atoms with Crippen LogP contribution < -0.4 is 58.2 Å². The second-order valence-corrected chi connectivity index (χ2v) is 4.02. The fraction of sp³-hybridized carbons (Fsp3) is 0. The molecule has 15 heavy (non-hydrogen) atoms. The van der Waals surface area contributed by atoms with Crippen molar-refractivity contribution in [2.24, 2.45) is 0 Å². The van der Waals surface area contributed by atoms with Gasteiger partial charge in [0.1, 0.15) is 0 Å². The Bertz CT molecular complexity index is 523. The molecule has 0 N–H and O–H groups in total. The maximum absolute atomic E-state index is 3.26. The summed E-state index contributed by atoms with van der Waals surface area (Å²) in [6.07, 6.45) is 0. The largest absolute Gasteiger partial charge is 1.00 e. The molecule has 0 saturated heterocycles. The van der Waals surface area contributed by atoms with E-state index in [2.05, 4.69) is 24.3 Å². The van der Waals surface area contributed by atoms with Crippen LogP contribution in [0.5, 0.6) is 0 Å². The molecule has 0 nitrogen and oxygen atoms in total. The molecule has 3 heteroatoms. The normalized spacial score (nSPS) is 9.60. The van der Waals surface area contributed by atoms with E-state index >= 15 is 0 Å². The van der Waals surface area contributed by atoms with E-state index in [1.807, 2.05) is 35.6 Å². The number of benzene rings is 2. The summed E-state index contributed by atoms with van der Waals surface area (Å²) in [5.41, 5.74) is 0. The molecule has 0 unspecified atom stereocenters. The number of hydrogen-bond acceptors (Lipinski definition) is 1. The Labute approximate surface area is 156 Å². The first kappa shape index (κ1) is 14.2. The Kier molecular flexibility index (Phi) is 5.83. The summed E-state index contributed by atoms with van der Waals surface area (Å²) in [4.78, 5) is 0. The molecule has 1 aromatic heterocycles. The second-order valence-electron chi connectivity index (χ2n) is 2.93. The first-order valence-electron chi connectivity index (χ1n) is 4.14. The number of thiophene rings is 1. The van der Waals surface area contributed by atoms with Crippen molar-refractivity contribution in [2.75, 3.05) is 0 Å². The number of rotatable bonds is 0. The quantitative estimate of drug-likeness (QED) is 0.439. The third-order valence-electron chi connectivity index (χ3n) is 2.13. The van der Waals surface area contributed by atoms with Gasteiger partial charge in [-0.2, -0.15) is 24.3 Å². The molecule has 3 aromatic rings. The van der Waals surface area contributed by atoms with Gasteiger partial charge in [0.15, 0.2) is 0 Å². The molecule has 0 aliphatic rings. The van der Waals surface area contributed by atoms with Crippen LogP contribution in [-0.4, -0.2) is 0 Å². The average Bonchev–Trinajstić information content (AvgIpc) is 2.56. The van der Waals surface area contributed by atoms with Gasteiger partial charge in [0, 0.05) is 20.4 Å². The summed E-state index contributed by atoms with van der Waals surface area (Å²) in [6, 6.07) is 18.6. The van der Waals surface area contributed by atoms with Crippen LogP contribution >= 0.6 is 11.3 Å². The predicted molar refractivity (Wildman–Crippen MR) is 57.0 cm³/mol. The van der Waals surface area contributed by atoms with Gasteiger partial charge >= 0.3 is 58.2 Å². The minimum absolute atomic E-state index is 0. The molecule has 0 aliphatic carbocycles. The summed E-state index contributed by atoms with van der Waals surface area (Å²) >= 11 is 1.81. The van der Waals surface area contributed by atoms with Gasteiger partial charge < -0.3 is 0 Å². The van der Waals surface area contributed by atoms with Gasteiger partial charge in [0.05, 0.1) is 0 Å². The Balaban J connectivity index is 0.000000562. The minimum Gasteiger partial charge on any atom is -0.211 e. The summed E-state index contributed by atoms with van der Waals surface area (Å²) in [5, 5.41) is 2.49. The SMILES string of the molecule is [Rb+].[Re].[c-]1ccc2sc3ccc[c-]c3c2c1. The molecule has 1 radical (unpaired) electrons. The molecule has 0 atom stereocenters. The van der Waals surface area contributed by atoms with E-state index in [9.17, 15) is 0 Å². The van der Waals surface area contributed by atoms with Crippen LogP contribution in [0.25, 0.3) is 20.2 Å². The van der Waals surface area contributed by atoms with Crippen molar-refractivity contribution in [3.05, 3.63) is 48.5 Å². The zero-order valence-electron chi connectivity index (χ0n) is 8.25. The Hall–Kier alpha value is 1.13. The van der Waals surface area contributed by atoms with Crippen LogP contribution in [0.2, 0.25) is 0 Å². The molecule has 0 spiro atoms. The van der Waals surface area contributed by atoms with Gasteiger partial charge in [-0.3, -0.25) is 0 Å². The van der Waals surface area contributed by atoms with Gasteiger partial charge in [0.25, 0.3) is 0 Å².